The molecule has 3 nitrogen and oxygen atoms in total. The minimum Gasteiger partial charge on any atom is -0.382 e. The molecule has 14 heavy (non-hydrogen) atoms. The first kappa shape index (κ1) is 8.81. The predicted octanol–water partition coefficient (Wildman–Crippen LogP) is 2.07. The maximum absolute atomic E-state index is 5.55. The molecule has 0 fully saturated rings. The van der Waals surface area contributed by atoms with Gasteiger partial charge in [0, 0.05) is 12.3 Å². The number of hydrogen-bond acceptors (Lipinski definition) is 2. The van der Waals surface area contributed by atoms with Gasteiger partial charge in [-0.3, -0.25) is 0 Å². The zero-order valence-electron chi connectivity index (χ0n) is 8.36. The Kier molecular flexibility index (Phi) is 2.00. The molecular weight excluding hydrogens is 174 g/mol. The number of rotatable bonds is 1. The molecule has 1 heterocycles. The van der Waals surface area contributed by atoms with Crippen LogP contribution in [0.3, 0.4) is 0 Å². The third-order valence-electron chi connectivity index (χ3n) is 2.36. The third-order valence-corrected chi connectivity index (χ3v) is 2.36. The van der Waals surface area contributed by atoms with Gasteiger partial charge in [0.05, 0.1) is 5.69 Å². The molecule has 1 aromatic carbocycles. The van der Waals surface area contributed by atoms with E-state index in [9.17, 15) is 0 Å². The molecule has 2 rings (SSSR count). The molecular formula is C11H13N3. The summed E-state index contributed by atoms with van der Waals surface area (Å²) in [5, 5.41) is 4.15. The summed E-state index contributed by atoms with van der Waals surface area (Å²) in [5.74, 6) is 0.545. The Balaban J connectivity index is 2.47. The van der Waals surface area contributed by atoms with Gasteiger partial charge in [-0.05, 0) is 37.1 Å². The van der Waals surface area contributed by atoms with Crippen LogP contribution >= 0.6 is 0 Å². The van der Waals surface area contributed by atoms with Gasteiger partial charge in [0.15, 0.2) is 0 Å². The van der Waals surface area contributed by atoms with Crippen LogP contribution in [0.2, 0.25) is 0 Å². The first-order chi connectivity index (χ1) is 6.66. The van der Waals surface area contributed by atoms with E-state index in [2.05, 4.69) is 31.1 Å². The van der Waals surface area contributed by atoms with Gasteiger partial charge >= 0.3 is 0 Å². The number of hydrogen-bond donors (Lipinski definition) is 1. The highest BCUT2D eigenvalue weighted by Crippen LogP contribution is 2.13. The number of nitrogens with two attached hydrogens (primary N) is 1. The standard InChI is InChI=1S/C11H13N3/c1-8-3-4-10(7-9(8)2)14-6-5-11(12)13-14/h3-7H,1-2H3,(H2,12,13). The van der Waals surface area contributed by atoms with Gasteiger partial charge < -0.3 is 5.73 Å². The van der Waals surface area contributed by atoms with E-state index in [-0.39, 0.29) is 0 Å². The monoisotopic (exact) mass is 187 g/mol. The van der Waals surface area contributed by atoms with Crippen molar-refractivity contribution in [2.45, 2.75) is 13.8 Å². The summed E-state index contributed by atoms with van der Waals surface area (Å²) in [6.07, 6.45) is 1.86. The second kappa shape index (κ2) is 3.18. The third kappa shape index (κ3) is 1.48. The van der Waals surface area contributed by atoms with Crippen molar-refractivity contribution in [3.05, 3.63) is 41.6 Å². The summed E-state index contributed by atoms with van der Waals surface area (Å²) >= 11 is 0. The molecule has 3 heteroatoms. The van der Waals surface area contributed by atoms with E-state index in [0.29, 0.717) is 5.82 Å². The zero-order chi connectivity index (χ0) is 10.1. The number of anilines is 1. The quantitative estimate of drug-likeness (QED) is 0.742. The predicted molar refractivity (Wildman–Crippen MR) is 57.5 cm³/mol. The maximum Gasteiger partial charge on any atom is 0.145 e. The van der Waals surface area contributed by atoms with Gasteiger partial charge in [-0.1, -0.05) is 6.07 Å². The van der Waals surface area contributed by atoms with E-state index >= 15 is 0 Å². The van der Waals surface area contributed by atoms with Gasteiger partial charge in [0.25, 0.3) is 0 Å². The van der Waals surface area contributed by atoms with Crippen LogP contribution in [0.1, 0.15) is 11.1 Å². The molecule has 0 unspecified atom stereocenters. The van der Waals surface area contributed by atoms with Crippen LogP contribution in [0.5, 0.6) is 0 Å². The summed E-state index contributed by atoms with van der Waals surface area (Å²) in [6.45, 7) is 4.18. The molecule has 0 bridgehead atoms. The first-order valence-corrected chi connectivity index (χ1v) is 4.55. The van der Waals surface area contributed by atoms with Crippen molar-refractivity contribution < 1.29 is 0 Å². The first-order valence-electron chi connectivity index (χ1n) is 4.55. The Hall–Kier alpha value is -1.77. The Bertz CT molecular complexity index is 457. The van der Waals surface area contributed by atoms with Crippen molar-refractivity contribution in [3.63, 3.8) is 0 Å². The summed E-state index contributed by atoms with van der Waals surface area (Å²) < 4.78 is 1.78. The lowest BCUT2D eigenvalue weighted by Crippen LogP contribution is -1.97. The maximum atomic E-state index is 5.55. The van der Waals surface area contributed by atoms with Gasteiger partial charge in [0.1, 0.15) is 5.82 Å². The summed E-state index contributed by atoms with van der Waals surface area (Å²) in [5.41, 5.74) is 9.14. The lowest BCUT2D eigenvalue weighted by Gasteiger charge is -2.04. The van der Waals surface area contributed by atoms with Gasteiger partial charge in [-0.2, -0.15) is 5.10 Å². The number of aryl methyl sites for hydroxylation is 2. The van der Waals surface area contributed by atoms with Gasteiger partial charge in [0.2, 0.25) is 0 Å². The molecule has 0 atom stereocenters. The average Bonchev–Trinajstić information content (AvgIpc) is 2.57. The molecule has 0 spiro atoms. The Morgan fingerprint density at radius 3 is 2.50 bits per heavy atom. The Morgan fingerprint density at radius 2 is 1.93 bits per heavy atom. The lowest BCUT2D eigenvalue weighted by atomic mass is 10.1. The van der Waals surface area contributed by atoms with Crippen molar-refractivity contribution in [2.24, 2.45) is 0 Å². The molecule has 0 aliphatic rings. The van der Waals surface area contributed by atoms with E-state index in [0.717, 1.165) is 5.69 Å². The second-order valence-electron chi connectivity index (χ2n) is 3.45. The van der Waals surface area contributed by atoms with Crippen LogP contribution < -0.4 is 5.73 Å². The normalized spacial score (nSPS) is 10.4. The second-order valence-corrected chi connectivity index (χ2v) is 3.45. The molecule has 0 saturated carbocycles. The minimum absolute atomic E-state index is 0.545. The molecule has 2 aromatic rings. The summed E-state index contributed by atoms with van der Waals surface area (Å²) in [7, 11) is 0. The number of aromatic nitrogens is 2. The fourth-order valence-corrected chi connectivity index (χ4v) is 1.35. The van der Waals surface area contributed by atoms with E-state index in [1.807, 2.05) is 12.3 Å². The zero-order valence-corrected chi connectivity index (χ0v) is 8.36. The highest BCUT2D eigenvalue weighted by molar-refractivity contribution is 5.40. The number of benzene rings is 1. The van der Waals surface area contributed by atoms with Crippen molar-refractivity contribution >= 4 is 5.82 Å². The summed E-state index contributed by atoms with van der Waals surface area (Å²) in [6, 6.07) is 8.01. The summed E-state index contributed by atoms with van der Waals surface area (Å²) in [4.78, 5) is 0. The van der Waals surface area contributed by atoms with Crippen LogP contribution in [-0.2, 0) is 0 Å². The lowest BCUT2D eigenvalue weighted by molar-refractivity contribution is 0.883. The SMILES string of the molecule is Cc1ccc(-n2ccc(N)n2)cc1C. The Morgan fingerprint density at radius 1 is 1.14 bits per heavy atom. The molecule has 0 saturated heterocycles. The highest BCUT2D eigenvalue weighted by Gasteiger charge is 1.99. The van der Waals surface area contributed by atoms with E-state index in [1.54, 1.807) is 10.7 Å². The van der Waals surface area contributed by atoms with Crippen LogP contribution in [-0.4, -0.2) is 9.78 Å². The number of nitrogens with zero attached hydrogens (tertiary/aromatic N) is 2. The largest absolute Gasteiger partial charge is 0.382 e. The van der Waals surface area contributed by atoms with Crippen LogP contribution in [0.4, 0.5) is 5.82 Å². The highest BCUT2D eigenvalue weighted by atomic mass is 15.3. The van der Waals surface area contributed by atoms with Gasteiger partial charge in [-0.15, -0.1) is 0 Å². The van der Waals surface area contributed by atoms with E-state index in [4.69, 9.17) is 5.73 Å². The fraction of sp³-hybridized carbons (Fsp3) is 0.182. The molecule has 1 aromatic heterocycles. The average molecular weight is 187 g/mol. The van der Waals surface area contributed by atoms with Crippen LogP contribution in [0, 0.1) is 13.8 Å². The minimum atomic E-state index is 0.545. The fourth-order valence-electron chi connectivity index (χ4n) is 1.35. The molecule has 0 aliphatic heterocycles. The van der Waals surface area contributed by atoms with Crippen LogP contribution in [0.15, 0.2) is 30.5 Å². The Labute approximate surface area is 83.2 Å². The van der Waals surface area contributed by atoms with Crippen molar-refractivity contribution in [2.75, 3.05) is 5.73 Å². The molecule has 2 N–H and O–H groups in total. The molecule has 0 aliphatic carbocycles. The van der Waals surface area contributed by atoms with Crippen molar-refractivity contribution in [3.8, 4) is 5.69 Å². The van der Waals surface area contributed by atoms with Gasteiger partial charge in [-0.25, -0.2) is 4.68 Å². The molecule has 0 amide bonds. The van der Waals surface area contributed by atoms with E-state index in [1.165, 1.54) is 11.1 Å². The van der Waals surface area contributed by atoms with Crippen molar-refractivity contribution in [1.82, 2.24) is 9.78 Å². The smallest absolute Gasteiger partial charge is 0.145 e. The van der Waals surface area contributed by atoms with Crippen LogP contribution in [0.25, 0.3) is 5.69 Å². The molecule has 72 valence electrons. The van der Waals surface area contributed by atoms with Crippen molar-refractivity contribution in [1.29, 1.82) is 0 Å². The number of nitrogen functional groups attached to an aromatic ring is 1. The van der Waals surface area contributed by atoms with E-state index < -0.39 is 0 Å². The molecule has 0 radical (unpaired) electrons. The topological polar surface area (TPSA) is 43.8 Å².